The van der Waals surface area contributed by atoms with Crippen molar-refractivity contribution in [2.24, 2.45) is 0 Å². The van der Waals surface area contributed by atoms with Crippen molar-refractivity contribution in [3.8, 4) is 0 Å². The standard InChI is InChI=1S/C17H13N3O5/c1-9-11(16(22)23)3-2-4-12(9)19-17(24)20-15(21)10-5-6-13-14(7-10)25-8-18-13/h2-8H,1H3,(H,22,23)(H2,19,20,21,24). The second-order valence-electron chi connectivity index (χ2n) is 5.23. The van der Waals surface area contributed by atoms with Crippen LogP contribution in [-0.4, -0.2) is 28.0 Å². The van der Waals surface area contributed by atoms with E-state index in [1.54, 1.807) is 19.1 Å². The average Bonchev–Trinajstić information content (AvgIpc) is 3.04. The number of urea groups is 1. The minimum Gasteiger partial charge on any atom is -0.478 e. The predicted octanol–water partition coefficient (Wildman–Crippen LogP) is 2.80. The lowest BCUT2D eigenvalue weighted by Gasteiger charge is -2.11. The van der Waals surface area contributed by atoms with Crippen molar-refractivity contribution in [1.82, 2.24) is 10.3 Å². The van der Waals surface area contributed by atoms with E-state index in [0.29, 0.717) is 22.4 Å². The number of anilines is 1. The van der Waals surface area contributed by atoms with Gasteiger partial charge in [-0.2, -0.15) is 0 Å². The van der Waals surface area contributed by atoms with E-state index in [2.05, 4.69) is 15.6 Å². The molecule has 3 rings (SSSR count). The highest BCUT2D eigenvalue weighted by atomic mass is 16.4. The fraction of sp³-hybridized carbons (Fsp3) is 0.0588. The summed E-state index contributed by atoms with van der Waals surface area (Å²) in [6.45, 7) is 1.57. The van der Waals surface area contributed by atoms with Crippen LogP contribution in [0.25, 0.3) is 11.1 Å². The van der Waals surface area contributed by atoms with Gasteiger partial charge in [0.2, 0.25) is 0 Å². The van der Waals surface area contributed by atoms with Gasteiger partial charge in [0.15, 0.2) is 12.0 Å². The summed E-state index contributed by atoms with van der Waals surface area (Å²) in [4.78, 5) is 39.2. The van der Waals surface area contributed by atoms with Crippen LogP contribution in [0, 0.1) is 6.92 Å². The number of carbonyl (C=O) groups is 3. The van der Waals surface area contributed by atoms with E-state index in [9.17, 15) is 14.4 Å². The zero-order valence-corrected chi connectivity index (χ0v) is 13.1. The first-order valence-corrected chi connectivity index (χ1v) is 7.24. The second kappa shape index (κ2) is 6.44. The Morgan fingerprint density at radius 2 is 1.96 bits per heavy atom. The molecule has 3 N–H and O–H groups in total. The number of aromatic nitrogens is 1. The van der Waals surface area contributed by atoms with Crippen molar-refractivity contribution in [1.29, 1.82) is 0 Å². The number of carbonyl (C=O) groups excluding carboxylic acids is 2. The summed E-state index contributed by atoms with van der Waals surface area (Å²) in [5.74, 6) is -1.72. The van der Waals surface area contributed by atoms with Crippen molar-refractivity contribution < 1.29 is 23.9 Å². The lowest BCUT2D eigenvalue weighted by Crippen LogP contribution is -2.34. The van der Waals surface area contributed by atoms with Crippen LogP contribution in [0.1, 0.15) is 26.3 Å². The smallest absolute Gasteiger partial charge is 0.336 e. The normalized spacial score (nSPS) is 10.4. The molecule has 0 unspecified atom stereocenters. The zero-order valence-electron chi connectivity index (χ0n) is 13.1. The van der Waals surface area contributed by atoms with E-state index in [-0.39, 0.29) is 11.1 Å². The first-order valence-electron chi connectivity index (χ1n) is 7.24. The Bertz CT molecular complexity index is 993. The van der Waals surface area contributed by atoms with Crippen molar-refractivity contribution in [2.75, 3.05) is 5.32 Å². The van der Waals surface area contributed by atoms with Crippen molar-refractivity contribution in [2.45, 2.75) is 6.92 Å². The highest BCUT2D eigenvalue weighted by Gasteiger charge is 2.15. The van der Waals surface area contributed by atoms with Crippen LogP contribution in [-0.2, 0) is 0 Å². The number of carboxylic acid groups (broad SMARTS) is 1. The van der Waals surface area contributed by atoms with Crippen LogP contribution in [0.3, 0.4) is 0 Å². The van der Waals surface area contributed by atoms with Crippen LogP contribution < -0.4 is 10.6 Å². The number of carboxylic acids is 1. The number of oxazole rings is 1. The lowest BCUT2D eigenvalue weighted by molar-refractivity contribution is 0.0695. The van der Waals surface area contributed by atoms with Crippen molar-refractivity contribution in [3.05, 3.63) is 59.5 Å². The predicted molar refractivity (Wildman–Crippen MR) is 88.6 cm³/mol. The summed E-state index contributed by atoms with van der Waals surface area (Å²) in [5.41, 5.74) is 2.02. The summed E-state index contributed by atoms with van der Waals surface area (Å²) >= 11 is 0. The number of imide groups is 1. The molecule has 8 heteroatoms. The number of rotatable bonds is 3. The molecule has 25 heavy (non-hydrogen) atoms. The van der Waals surface area contributed by atoms with E-state index in [0.717, 1.165) is 0 Å². The highest BCUT2D eigenvalue weighted by Crippen LogP contribution is 2.19. The molecule has 0 bridgehead atoms. The maximum atomic E-state index is 12.1. The van der Waals surface area contributed by atoms with Crippen LogP contribution in [0.5, 0.6) is 0 Å². The first-order chi connectivity index (χ1) is 12.0. The number of hydrogen-bond donors (Lipinski definition) is 3. The van der Waals surface area contributed by atoms with Gasteiger partial charge in [-0.15, -0.1) is 0 Å². The number of nitrogens with zero attached hydrogens (tertiary/aromatic N) is 1. The van der Waals surface area contributed by atoms with Gasteiger partial charge >= 0.3 is 12.0 Å². The van der Waals surface area contributed by atoms with Gasteiger partial charge in [-0.25, -0.2) is 14.6 Å². The van der Waals surface area contributed by atoms with E-state index in [4.69, 9.17) is 9.52 Å². The van der Waals surface area contributed by atoms with E-state index in [1.807, 2.05) is 0 Å². The van der Waals surface area contributed by atoms with Crippen molar-refractivity contribution in [3.63, 3.8) is 0 Å². The molecule has 0 saturated carbocycles. The van der Waals surface area contributed by atoms with Gasteiger partial charge < -0.3 is 14.8 Å². The molecule has 0 atom stereocenters. The average molecular weight is 339 g/mol. The lowest BCUT2D eigenvalue weighted by atomic mass is 10.1. The molecule has 126 valence electrons. The Hall–Kier alpha value is -3.68. The molecule has 0 aliphatic heterocycles. The van der Waals surface area contributed by atoms with E-state index in [1.165, 1.54) is 30.7 Å². The number of hydrogen-bond acceptors (Lipinski definition) is 5. The fourth-order valence-electron chi connectivity index (χ4n) is 2.33. The summed E-state index contributed by atoms with van der Waals surface area (Å²) in [7, 11) is 0. The summed E-state index contributed by atoms with van der Waals surface area (Å²) in [5, 5.41) is 13.7. The number of aromatic carboxylic acids is 1. The molecule has 0 aliphatic carbocycles. The van der Waals surface area contributed by atoms with Crippen LogP contribution >= 0.6 is 0 Å². The molecule has 3 amide bonds. The van der Waals surface area contributed by atoms with Gasteiger partial charge in [0.25, 0.3) is 5.91 Å². The molecule has 0 radical (unpaired) electrons. The SMILES string of the molecule is Cc1c(NC(=O)NC(=O)c2ccc3ncoc3c2)cccc1C(=O)O. The molecular formula is C17H13N3O5. The molecule has 3 aromatic rings. The summed E-state index contributed by atoms with van der Waals surface area (Å²) in [6.07, 6.45) is 1.26. The third-order valence-corrected chi connectivity index (χ3v) is 3.63. The third kappa shape index (κ3) is 3.32. The Labute approximate surface area is 141 Å². The Morgan fingerprint density at radius 3 is 2.72 bits per heavy atom. The van der Waals surface area contributed by atoms with Gasteiger partial charge in [0.1, 0.15) is 5.52 Å². The topological polar surface area (TPSA) is 122 Å². The number of benzene rings is 2. The van der Waals surface area contributed by atoms with E-state index < -0.39 is 17.9 Å². The molecule has 0 fully saturated rings. The molecule has 8 nitrogen and oxygen atoms in total. The Morgan fingerprint density at radius 1 is 1.16 bits per heavy atom. The quantitative estimate of drug-likeness (QED) is 0.674. The van der Waals surface area contributed by atoms with Gasteiger partial charge in [0, 0.05) is 11.3 Å². The Kier molecular flexibility index (Phi) is 4.17. The van der Waals surface area contributed by atoms with Crippen molar-refractivity contribution >= 4 is 34.7 Å². The minimum absolute atomic E-state index is 0.0693. The number of fused-ring (bicyclic) bond motifs is 1. The van der Waals surface area contributed by atoms with Gasteiger partial charge in [-0.3, -0.25) is 10.1 Å². The van der Waals surface area contributed by atoms with Crippen LogP contribution in [0.15, 0.2) is 47.2 Å². The largest absolute Gasteiger partial charge is 0.478 e. The molecule has 1 heterocycles. The molecule has 2 aromatic carbocycles. The van der Waals surface area contributed by atoms with E-state index >= 15 is 0 Å². The molecule has 0 saturated heterocycles. The maximum Gasteiger partial charge on any atom is 0.336 e. The number of nitrogens with one attached hydrogen (secondary N) is 2. The van der Waals surface area contributed by atoms with Gasteiger partial charge in [0.05, 0.1) is 5.56 Å². The second-order valence-corrected chi connectivity index (χ2v) is 5.23. The Balaban J connectivity index is 1.73. The molecular weight excluding hydrogens is 326 g/mol. The summed E-state index contributed by atoms with van der Waals surface area (Å²) < 4.78 is 5.11. The minimum atomic E-state index is -1.10. The van der Waals surface area contributed by atoms with Gasteiger partial charge in [-0.1, -0.05) is 6.07 Å². The maximum absolute atomic E-state index is 12.1. The molecule has 1 aromatic heterocycles. The van der Waals surface area contributed by atoms with Crippen LogP contribution in [0.4, 0.5) is 10.5 Å². The number of amides is 3. The fourth-order valence-corrected chi connectivity index (χ4v) is 2.33. The molecule has 0 spiro atoms. The summed E-state index contributed by atoms with van der Waals surface area (Å²) in [6, 6.07) is 8.31. The first kappa shape index (κ1) is 16.2. The van der Waals surface area contributed by atoms with Crippen LogP contribution in [0.2, 0.25) is 0 Å². The van der Waals surface area contributed by atoms with Gasteiger partial charge in [-0.05, 0) is 42.8 Å². The highest BCUT2D eigenvalue weighted by molar-refractivity contribution is 6.09. The molecule has 0 aliphatic rings. The monoisotopic (exact) mass is 339 g/mol. The zero-order chi connectivity index (χ0) is 18.0. The third-order valence-electron chi connectivity index (χ3n) is 3.63.